The smallest absolute Gasteiger partial charge is 0.335 e. The molecule has 3 nitrogen and oxygen atoms in total. The van der Waals surface area contributed by atoms with Crippen molar-refractivity contribution in [2.45, 2.75) is 33.0 Å². The molecule has 0 saturated heterocycles. The van der Waals surface area contributed by atoms with E-state index in [1.807, 2.05) is 13.8 Å². The van der Waals surface area contributed by atoms with Crippen LogP contribution in [0, 0.1) is 0 Å². The summed E-state index contributed by atoms with van der Waals surface area (Å²) in [5, 5.41) is 9.20. The molecule has 0 aliphatic rings. The highest BCUT2D eigenvalue weighted by molar-refractivity contribution is 6.31. The molecule has 0 saturated carbocycles. The van der Waals surface area contributed by atoms with Crippen LogP contribution in [0.25, 0.3) is 0 Å². The maximum Gasteiger partial charge on any atom is 0.335 e. The predicted octanol–water partition coefficient (Wildman–Crippen LogP) is 3.35. The summed E-state index contributed by atoms with van der Waals surface area (Å²) in [5.41, 5.74) is 1.00. The van der Waals surface area contributed by atoms with Crippen molar-refractivity contribution < 1.29 is 14.6 Å². The maximum atomic E-state index is 10.7. The number of benzene rings is 1. The Morgan fingerprint density at radius 2 is 2.25 bits per heavy atom. The summed E-state index contributed by atoms with van der Waals surface area (Å²) in [6.07, 6.45) is 1.11. The third-order valence-electron chi connectivity index (χ3n) is 2.40. The molecule has 1 unspecified atom stereocenters. The summed E-state index contributed by atoms with van der Waals surface area (Å²) in [4.78, 5) is 10.7. The van der Waals surface area contributed by atoms with Crippen LogP contribution in [0.2, 0.25) is 5.02 Å². The molecule has 0 amide bonds. The van der Waals surface area contributed by atoms with Crippen molar-refractivity contribution in [3.8, 4) is 0 Å². The van der Waals surface area contributed by atoms with E-state index in [9.17, 15) is 4.79 Å². The largest absolute Gasteiger partial charge is 0.478 e. The Morgan fingerprint density at radius 3 is 2.75 bits per heavy atom. The van der Waals surface area contributed by atoms with Gasteiger partial charge in [-0.1, -0.05) is 24.6 Å². The number of halogens is 1. The van der Waals surface area contributed by atoms with Gasteiger partial charge in [0.15, 0.2) is 0 Å². The fourth-order valence-corrected chi connectivity index (χ4v) is 1.38. The van der Waals surface area contributed by atoms with Gasteiger partial charge in [-0.3, -0.25) is 0 Å². The predicted molar refractivity (Wildman–Crippen MR) is 63.0 cm³/mol. The van der Waals surface area contributed by atoms with Gasteiger partial charge in [0.2, 0.25) is 0 Å². The molecule has 0 fully saturated rings. The molecule has 0 spiro atoms. The first-order chi connectivity index (χ1) is 7.54. The van der Waals surface area contributed by atoms with E-state index in [1.165, 1.54) is 12.1 Å². The minimum absolute atomic E-state index is 0.176. The molecule has 0 radical (unpaired) electrons. The Morgan fingerprint density at radius 1 is 1.56 bits per heavy atom. The SMILES string of the molecule is CCC(C)OCc1ccc(C(=O)O)cc1Cl. The zero-order valence-corrected chi connectivity index (χ0v) is 10.1. The third kappa shape index (κ3) is 3.51. The van der Waals surface area contributed by atoms with Gasteiger partial charge < -0.3 is 9.84 Å². The van der Waals surface area contributed by atoms with Gasteiger partial charge >= 0.3 is 5.97 Å². The average molecular weight is 243 g/mol. The topological polar surface area (TPSA) is 46.5 Å². The summed E-state index contributed by atoms with van der Waals surface area (Å²) in [6.45, 7) is 4.44. The van der Waals surface area contributed by atoms with Crippen molar-refractivity contribution in [2.24, 2.45) is 0 Å². The number of carboxylic acid groups (broad SMARTS) is 1. The summed E-state index contributed by atoms with van der Waals surface area (Å²) in [5.74, 6) is -0.976. The zero-order valence-electron chi connectivity index (χ0n) is 9.37. The standard InChI is InChI=1S/C12H15ClO3/c1-3-8(2)16-7-10-5-4-9(12(14)15)6-11(10)13/h4-6,8H,3,7H2,1-2H3,(H,14,15). The molecule has 88 valence electrons. The molecule has 1 aromatic carbocycles. The van der Waals surface area contributed by atoms with Gasteiger partial charge in [-0.05, 0) is 31.0 Å². The van der Waals surface area contributed by atoms with Gasteiger partial charge in [0, 0.05) is 5.02 Å². The van der Waals surface area contributed by atoms with Crippen LogP contribution in [0.4, 0.5) is 0 Å². The zero-order chi connectivity index (χ0) is 12.1. The second-order valence-electron chi connectivity index (χ2n) is 3.64. The van der Waals surface area contributed by atoms with E-state index < -0.39 is 5.97 Å². The van der Waals surface area contributed by atoms with Gasteiger partial charge in [-0.2, -0.15) is 0 Å². The Balaban J connectivity index is 2.72. The first-order valence-corrected chi connectivity index (χ1v) is 5.55. The Bertz CT molecular complexity index is 377. The highest BCUT2D eigenvalue weighted by atomic mass is 35.5. The number of ether oxygens (including phenoxy) is 1. The highest BCUT2D eigenvalue weighted by Crippen LogP contribution is 2.19. The van der Waals surface area contributed by atoms with E-state index in [0.29, 0.717) is 11.6 Å². The number of hydrogen-bond acceptors (Lipinski definition) is 2. The van der Waals surface area contributed by atoms with Gasteiger partial charge in [0.25, 0.3) is 0 Å². The summed E-state index contributed by atoms with van der Waals surface area (Å²) in [7, 11) is 0. The van der Waals surface area contributed by atoms with Crippen LogP contribution in [0.3, 0.4) is 0 Å². The van der Waals surface area contributed by atoms with Crippen molar-refractivity contribution in [3.63, 3.8) is 0 Å². The Kier molecular flexibility index (Phi) is 4.77. The normalized spacial score (nSPS) is 12.4. The van der Waals surface area contributed by atoms with Crippen LogP contribution in [-0.2, 0) is 11.3 Å². The number of hydrogen-bond donors (Lipinski definition) is 1. The van der Waals surface area contributed by atoms with Crippen LogP contribution in [-0.4, -0.2) is 17.2 Å². The molecular weight excluding hydrogens is 228 g/mol. The van der Waals surface area contributed by atoms with Gasteiger partial charge in [0.05, 0.1) is 18.3 Å². The summed E-state index contributed by atoms with van der Waals surface area (Å²) >= 11 is 5.96. The van der Waals surface area contributed by atoms with Crippen molar-refractivity contribution in [3.05, 3.63) is 34.3 Å². The molecule has 16 heavy (non-hydrogen) atoms. The first kappa shape index (κ1) is 13.0. The molecule has 0 aliphatic heterocycles. The third-order valence-corrected chi connectivity index (χ3v) is 2.75. The minimum atomic E-state index is -0.976. The van der Waals surface area contributed by atoms with E-state index in [4.69, 9.17) is 21.4 Å². The van der Waals surface area contributed by atoms with E-state index in [0.717, 1.165) is 12.0 Å². The van der Waals surface area contributed by atoms with Crippen LogP contribution >= 0.6 is 11.6 Å². The van der Waals surface area contributed by atoms with Crippen molar-refractivity contribution in [1.82, 2.24) is 0 Å². The molecule has 4 heteroatoms. The van der Waals surface area contributed by atoms with Crippen LogP contribution in [0.1, 0.15) is 36.2 Å². The average Bonchev–Trinajstić information content (AvgIpc) is 2.26. The second kappa shape index (κ2) is 5.87. The molecule has 1 N–H and O–H groups in total. The number of carbonyl (C=O) groups is 1. The molecule has 1 atom stereocenters. The van der Waals surface area contributed by atoms with Crippen molar-refractivity contribution in [1.29, 1.82) is 0 Å². The Labute approximate surface area is 100.0 Å². The van der Waals surface area contributed by atoms with E-state index >= 15 is 0 Å². The first-order valence-electron chi connectivity index (χ1n) is 5.18. The lowest BCUT2D eigenvalue weighted by atomic mass is 10.1. The van der Waals surface area contributed by atoms with Gasteiger partial charge in [-0.25, -0.2) is 4.79 Å². The second-order valence-corrected chi connectivity index (χ2v) is 4.05. The quantitative estimate of drug-likeness (QED) is 0.861. The number of carboxylic acids is 1. The van der Waals surface area contributed by atoms with Gasteiger partial charge in [-0.15, -0.1) is 0 Å². The monoisotopic (exact) mass is 242 g/mol. The summed E-state index contributed by atoms with van der Waals surface area (Å²) in [6, 6.07) is 4.66. The Hall–Kier alpha value is -1.06. The lowest BCUT2D eigenvalue weighted by Gasteiger charge is -2.11. The molecule has 0 heterocycles. The fraction of sp³-hybridized carbons (Fsp3) is 0.417. The van der Waals surface area contributed by atoms with Crippen LogP contribution in [0.5, 0.6) is 0 Å². The molecule has 0 bridgehead atoms. The number of rotatable bonds is 5. The minimum Gasteiger partial charge on any atom is -0.478 e. The van der Waals surface area contributed by atoms with Gasteiger partial charge in [0.1, 0.15) is 0 Å². The molecule has 1 rings (SSSR count). The fourth-order valence-electron chi connectivity index (χ4n) is 1.15. The van der Waals surface area contributed by atoms with Crippen LogP contribution < -0.4 is 0 Å². The van der Waals surface area contributed by atoms with E-state index in [-0.39, 0.29) is 11.7 Å². The number of aromatic carboxylic acids is 1. The maximum absolute atomic E-state index is 10.7. The lowest BCUT2D eigenvalue weighted by molar-refractivity contribution is 0.0508. The van der Waals surface area contributed by atoms with Crippen molar-refractivity contribution in [2.75, 3.05) is 0 Å². The highest BCUT2D eigenvalue weighted by Gasteiger charge is 2.08. The van der Waals surface area contributed by atoms with Crippen molar-refractivity contribution >= 4 is 17.6 Å². The van der Waals surface area contributed by atoms with E-state index in [1.54, 1.807) is 6.07 Å². The molecular formula is C12H15ClO3. The summed E-state index contributed by atoms with van der Waals surface area (Å²) < 4.78 is 5.53. The van der Waals surface area contributed by atoms with Crippen LogP contribution in [0.15, 0.2) is 18.2 Å². The lowest BCUT2D eigenvalue weighted by Crippen LogP contribution is -2.06. The molecule has 0 aliphatic carbocycles. The van der Waals surface area contributed by atoms with E-state index in [2.05, 4.69) is 0 Å². The molecule has 0 aromatic heterocycles. The molecule has 1 aromatic rings.